The molecule has 2 aromatic heterocycles. The van der Waals surface area contributed by atoms with Crippen LogP contribution in [0.3, 0.4) is 0 Å². The fraction of sp³-hybridized carbons (Fsp3) is 0.250. The second-order valence-corrected chi connectivity index (χ2v) is 9.83. The zero-order chi connectivity index (χ0) is 29.6. The molecule has 4 aromatic rings. The molecular weight excluding hydrogens is 534 g/mol. The lowest BCUT2D eigenvalue weighted by Crippen LogP contribution is -2.40. The number of benzene rings is 2. The molecule has 10 nitrogen and oxygen atoms in total. The van der Waals surface area contributed by atoms with E-state index in [9.17, 15) is 14.9 Å². The number of carbonyl (C=O) groups is 2. The number of nitrogens with one attached hydrogen (secondary N) is 2. The third-order valence-electron chi connectivity index (χ3n) is 7.22. The molecule has 1 atom stereocenters. The fourth-order valence-corrected chi connectivity index (χ4v) is 4.87. The third kappa shape index (κ3) is 5.96. The van der Waals surface area contributed by atoms with E-state index in [0.717, 1.165) is 22.1 Å². The summed E-state index contributed by atoms with van der Waals surface area (Å²) >= 11 is 0. The van der Waals surface area contributed by atoms with E-state index in [1.54, 1.807) is 55.8 Å². The second kappa shape index (κ2) is 12.6. The zero-order valence-electron chi connectivity index (χ0n) is 23.6. The van der Waals surface area contributed by atoms with Gasteiger partial charge in [-0.1, -0.05) is 18.2 Å². The first-order chi connectivity index (χ1) is 20.4. The summed E-state index contributed by atoms with van der Waals surface area (Å²) in [6.45, 7) is 4.03. The largest absolute Gasteiger partial charge is 0.493 e. The van der Waals surface area contributed by atoms with Crippen molar-refractivity contribution in [2.75, 3.05) is 40.5 Å². The second-order valence-electron chi connectivity index (χ2n) is 9.83. The molecule has 1 fully saturated rings. The lowest BCUT2D eigenvalue weighted by molar-refractivity contribution is -0.117. The van der Waals surface area contributed by atoms with Crippen molar-refractivity contribution in [3.63, 3.8) is 0 Å². The number of hydrogen-bond acceptors (Lipinski definition) is 7. The van der Waals surface area contributed by atoms with Crippen molar-refractivity contribution in [2.24, 2.45) is 0 Å². The van der Waals surface area contributed by atoms with Crippen molar-refractivity contribution in [1.82, 2.24) is 20.2 Å². The fourth-order valence-electron chi connectivity index (χ4n) is 4.87. The number of nitriles is 1. The van der Waals surface area contributed by atoms with Crippen molar-refractivity contribution in [3.8, 4) is 28.7 Å². The molecule has 0 spiro atoms. The Balaban J connectivity index is 1.38. The Morgan fingerprint density at radius 1 is 1.10 bits per heavy atom. The standard InChI is InChI=1S/C32H31N5O5/c1-20(21-7-8-28(40-2)29(16-21)41-3)36-31(38)24(17-33)14-26-19-35-30-27(26)15-25(18-34-30)22-5-4-6-23(13-22)32(39)37-9-11-42-12-10-37/h4-8,13-16,18-20H,9-12H2,1-3H3,(H,34,35)(H,36,38)/b24-14+/t20-/m1/s1. The number of H-pyrrole nitrogens is 1. The maximum Gasteiger partial charge on any atom is 0.262 e. The van der Waals surface area contributed by atoms with E-state index < -0.39 is 11.9 Å². The summed E-state index contributed by atoms with van der Waals surface area (Å²) in [7, 11) is 3.10. The van der Waals surface area contributed by atoms with Crippen LogP contribution in [-0.4, -0.2) is 67.2 Å². The summed E-state index contributed by atoms with van der Waals surface area (Å²) in [4.78, 5) is 35.5. The van der Waals surface area contributed by atoms with E-state index in [0.29, 0.717) is 54.6 Å². The maximum atomic E-state index is 13.1. The highest BCUT2D eigenvalue weighted by molar-refractivity contribution is 6.04. The van der Waals surface area contributed by atoms with Crippen LogP contribution in [-0.2, 0) is 9.53 Å². The topological polar surface area (TPSA) is 130 Å². The highest BCUT2D eigenvalue weighted by Gasteiger charge is 2.20. The van der Waals surface area contributed by atoms with Gasteiger partial charge >= 0.3 is 0 Å². The lowest BCUT2D eigenvalue weighted by atomic mass is 10.0. The van der Waals surface area contributed by atoms with Crippen LogP contribution in [0.4, 0.5) is 0 Å². The highest BCUT2D eigenvalue weighted by atomic mass is 16.5. The number of fused-ring (bicyclic) bond motifs is 1. The Labute approximate surface area is 243 Å². The molecule has 1 aliphatic rings. The number of aromatic amines is 1. The van der Waals surface area contributed by atoms with Crippen LogP contribution in [0.5, 0.6) is 11.5 Å². The van der Waals surface area contributed by atoms with Gasteiger partial charge in [-0.05, 0) is 54.5 Å². The van der Waals surface area contributed by atoms with Gasteiger partial charge in [0.25, 0.3) is 11.8 Å². The summed E-state index contributed by atoms with van der Waals surface area (Å²) in [6.07, 6.45) is 4.98. The van der Waals surface area contributed by atoms with Crippen LogP contribution in [0.1, 0.15) is 34.5 Å². The minimum Gasteiger partial charge on any atom is -0.493 e. The molecule has 1 aliphatic heterocycles. The van der Waals surface area contributed by atoms with E-state index in [1.807, 2.05) is 43.3 Å². The van der Waals surface area contributed by atoms with Gasteiger partial charge < -0.3 is 29.4 Å². The Morgan fingerprint density at radius 3 is 2.62 bits per heavy atom. The summed E-state index contributed by atoms with van der Waals surface area (Å²) in [5.74, 6) is 0.587. The van der Waals surface area contributed by atoms with E-state index in [-0.39, 0.29) is 11.5 Å². The molecule has 0 bridgehead atoms. The molecule has 2 amide bonds. The number of carbonyl (C=O) groups excluding carboxylic acids is 2. The SMILES string of the molecule is COc1ccc([C@@H](C)NC(=O)/C(C#N)=C/c2c[nH]c3ncc(-c4cccc(C(=O)N5CCOCC5)c4)cc23)cc1OC. The molecule has 214 valence electrons. The third-order valence-corrected chi connectivity index (χ3v) is 7.22. The maximum absolute atomic E-state index is 13.1. The number of hydrogen-bond donors (Lipinski definition) is 2. The van der Waals surface area contributed by atoms with Gasteiger partial charge in [0, 0.05) is 47.6 Å². The molecule has 1 saturated heterocycles. The van der Waals surface area contributed by atoms with Gasteiger partial charge in [0.1, 0.15) is 17.3 Å². The van der Waals surface area contributed by atoms with Gasteiger partial charge in [-0.15, -0.1) is 0 Å². The van der Waals surface area contributed by atoms with Gasteiger partial charge in [0.05, 0.1) is 33.5 Å². The van der Waals surface area contributed by atoms with Crippen molar-refractivity contribution in [2.45, 2.75) is 13.0 Å². The van der Waals surface area contributed by atoms with Crippen molar-refractivity contribution >= 4 is 28.9 Å². The van der Waals surface area contributed by atoms with E-state index >= 15 is 0 Å². The van der Waals surface area contributed by atoms with Gasteiger partial charge in [0.15, 0.2) is 11.5 Å². The first-order valence-corrected chi connectivity index (χ1v) is 13.5. The molecule has 2 N–H and O–H groups in total. The number of methoxy groups -OCH3 is 2. The molecule has 42 heavy (non-hydrogen) atoms. The highest BCUT2D eigenvalue weighted by Crippen LogP contribution is 2.30. The number of morpholine rings is 1. The number of aromatic nitrogens is 2. The summed E-state index contributed by atoms with van der Waals surface area (Å²) in [6, 6.07) is 16.4. The van der Waals surface area contributed by atoms with Gasteiger partial charge in [-0.2, -0.15) is 5.26 Å². The van der Waals surface area contributed by atoms with E-state index in [4.69, 9.17) is 14.2 Å². The Bertz CT molecular complexity index is 1700. The molecule has 2 aromatic carbocycles. The Kier molecular flexibility index (Phi) is 8.50. The predicted molar refractivity (Wildman–Crippen MR) is 158 cm³/mol. The lowest BCUT2D eigenvalue weighted by Gasteiger charge is -2.27. The number of amides is 2. The van der Waals surface area contributed by atoms with Crippen LogP contribution in [0.15, 0.2) is 66.5 Å². The molecule has 3 heterocycles. The van der Waals surface area contributed by atoms with Gasteiger partial charge in [0.2, 0.25) is 0 Å². The van der Waals surface area contributed by atoms with Gasteiger partial charge in [-0.25, -0.2) is 4.98 Å². The van der Waals surface area contributed by atoms with E-state index in [1.165, 1.54) is 0 Å². The normalized spacial score (nSPS) is 14.2. The summed E-state index contributed by atoms with van der Waals surface area (Å²) < 4.78 is 16.0. The molecular formula is C32H31N5O5. The van der Waals surface area contributed by atoms with Crippen molar-refractivity contribution < 1.29 is 23.8 Å². The summed E-state index contributed by atoms with van der Waals surface area (Å²) in [5, 5.41) is 13.5. The summed E-state index contributed by atoms with van der Waals surface area (Å²) in [5.41, 5.74) is 4.24. The minimum atomic E-state index is -0.507. The number of rotatable bonds is 8. The molecule has 0 unspecified atom stereocenters. The number of ether oxygens (including phenoxy) is 3. The van der Waals surface area contributed by atoms with Gasteiger partial charge in [-0.3, -0.25) is 9.59 Å². The average Bonchev–Trinajstić information content (AvgIpc) is 3.45. The molecule has 0 saturated carbocycles. The smallest absolute Gasteiger partial charge is 0.262 e. The van der Waals surface area contributed by atoms with Crippen LogP contribution in [0.25, 0.3) is 28.2 Å². The van der Waals surface area contributed by atoms with Crippen LogP contribution >= 0.6 is 0 Å². The molecule has 0 aliphatic carbocycles. The first-order valence-electron chi connectivity index (χ1n) is 13.5. The zero-order valence-corrected chi connectivity index (χ0v) is 23.6. The Hall–Kier alpha value is -5.14. The molecule has 10 heteroatoms. The monoisotopic (exact) mass is 565 g/mol. The quantitative estimate of drug-likeness (QED) is 0.238. The number of nitrogens with zero attached hydrogens (tertiary/aromatic N) is 3. The predicted octanol–water partition coefficient (Wildman–Crippen LogP) is 4.50. The Morgan fingerprint density at radius 2 is 1.88 bits per heavy atom. The molecule has 5 rings (SSSR count). The van der Waals surface area contributed by atoms with E-state index in [2.05, 4.69) is 15.3 Å². The minimum absolute atomic E-state index is 0.0357. The van der Waals surface area contributed by atoms with Crippen LogP contribution in [0.2, 0.25) is 0 Å². The first kappa shape index (κ1) is 28.4. The van der Waals surface area contributed by atoms with Crippen molar-refractivity contribution in [1.29, 1.82) is 5.26 Å². The van der Waals surface area contributed by atoms with Crippen LogP contribution < -0.4 is 14.8 Å². The van der Waals surface area contributed by atoms with Crippen LogP contribution in [0, 0.1) is 11.3 Å². The van der Waals surface area contributed by atoms with Crippen molar-refractivity contribution in [3.05, 3.63) is 83.2 Å². The average molecular weight is 566 g/mol. The number of pyridine rings is 1. The molecule has 0 radical (unpaired) electrons.